The Labute approximate surface area is 72.2 Å². The maximum absolute atomic E-state index is 5.68. The van der Waals surface area contributed by atoms with Crippen molar-refractivity contribution in [3.63, 3.8) is 0 Å². The van der Waals surface area contributed by atoms with E-state index < -0.39 is 0 Å². The van der Waals surface area contributed by atoms with Crippen LogP contribution in [-0.4, -0.2) is 6.54 Å². The number of rotatable bonds is 3. The summed E-state index contributed by atoms with van der Waals surface area (Å²) in [6.45, 7) is 0.599. The van der Waals surface area contributed by atoms with Gasteiger partial charge in [-0.05, 0) is 25.1 Å². The summed E-state index contributed by atoms with van der Waals surface area (Å²) in [7, 11) is 0. The van der Waals surface area contributed by atoms with Crippen LogP contribution in [0.25, 0.3) is 0 Å². The molecule has 0 radical (unpaired) electrons. The summed E-state index contributed by atoms with van der Waals surface area (Å²) >= 11 is 0. The minimum absolute atomic E-state index is 0. The Kier molecular flexibility index (Phi) is 4.94. The predicted molar refractivity (Wildman–Crippen MR) is 46.6 cm³/mol. The first-order valence-corrected chi connectivity index (χ1v) is 3.33. The summed E-state index contributed by atoms with van der Waals surface area (Å²) in [4.78, 5) is 0. The summed E-state index contributed by atoms with van der Waals surface area (Å²) in [5.74, 6) is 0.811. The van der Waals surface area contributed by atoms with Gasteiger partial charge in [-0.1, -0.05) is 0 Å². The maximum Gasteiger partial charge on any atom is 0.120 e. The fourth-order valence-corrected chi connectivity index (χ4v) is 0.824. The largest absolute Gasteiger partial charge is 0.468 e. The number of hydrogen-bond donors (Lipinski definition) is 2. The first-order chi connectivity index (χ1) is 4.84. The molecule has 1 rings (SSSR count). The quantitative estimate of drug-likeness (QED) is 0.724. The Hall–Kier alpha value is -0.510. The Balaban J connectivity index is 0.000001000. The van der Waals surface area contributed by atoms with Crippen LogP contribution in [0.3, 0.4) is 0 Å². The fourth-order valence-electron chi connectivity index (χ4n) is 0.824. The Bertz CT molecular complexity index is 177. The Morgan fingerprint density at radius 1 is 1.55 bits per heavy atom. The molecule has 3 nitrogen and oxygen atoms in total. The SMILES string of the molecule is Cl.NCC[C@H](N)c1ccco1. The lowest BCUT2D eigenvalue weighted by molar-refractivity contribution is 0.455. The van der Waals surface area contributed by atoms with Gasteiger partial charge in [-0.2, -0.15) is 0 Å². The molecule has 4 heteroatoms. The highest BCUT2D eigenvalue weighted by atomic mass is 35.5. The third kappa shape index (κ3) is 2.93. The van der Waals surface area contributed by atoms with E-state index in [4.69, 9.17) is 15.9 Å². The third-order valence-corrected chi connectivity index (χ3v) is 1.39. The second-order valence-corrected chi connectivity index (χ2v) is 2.20. The van der Waals surface area contributed by atoms with E-state index in [0.29, 0.717) is 6.54 Å². The number of furan rings is 1. The summed E-state index contributed by atoms with van der Waals surface area (Å²) in [5.41, 5.74) is 11.0. The highest BCUT2D eigenvalue weighted by molar-refractivity contribution is 5.85. The van der Waals surface area contributed by atoms with Crippen LogP contribution in [-0.2, 0) is 0 Å². The molecule has 0 saturated heterocycles. The van der Waals surface area contributed by atoms with Crippen molar-refractivity contribution in [2.45, 2.75) is 12.5 Å². The summed E-state index contributed by atoms with van der Waals surface area (Å²) < 4.78 is 5.07. The second kappa shape index (κ2) is 5.18. The minimum atomic E-state index is -0.0417. The van der Waals surface area contributed by atoms with Crippen molar-refractivity contribution in [3.05, 3.63) is 24.2 Å². The molecule has 0 aliphatic rings. The lowest BCUT2D eigenvalue weighted by Crippen LogP contribution is -2.14. The lowest BCUT2D eigenvalue weighted by Gasteiger charge is -2.04. The van der Waals surface area contributed by atoms with E-state index in [-0.39, 0.29) is 18.4 Å². The van der Waals surface area contributed by atoms with Gasteiger partial charge < -0.3 is 15.9 Å². The first-order valence-electron chi connectivity index (χ1n) is 3.33. The highest BCUT2D eigenvalue weighted by Gasteiger charge is 2.05. The van der Waals surface area contributed by atoms with Gasteiger partial charge in [0.1, 0.15) is 5.76 Å². The molecule has 1 atom stereocenters. The number of halogens is 1. The average Bonchev–Trinajstić information content (AvgIpc) is 2.38. The zero-order valence-corrected chi connectivity index (χ0v) is 7.01. The van der Waals surface area contributed by atoms with Crippen LogP contribution in [0, 0.1) is 0 Å². The lowest BCUT2D eigenvalue weighted by atomic mass is 10.2. The molecule has 1 aromatic rings. The van der Waals surface area contributed by atoms with Gasteiger partial charge in [0.15, 0.2) is 0 Å². The van der Waals surface area contributed by atoms with Gasteiger partial charge in [-0.3, -0.25) is 0 Å². The molecular formula is C7H13ClN2O. The van der Waals surface area contributed by atoms with E-state index in [9.17, 15) is 0 Å². The van der Waals surface area contributed by atoms with Crippen LogP contribution in [0.15, 0.2) is 22.8 Å². The molecule has 1 aromatic heterocycles. The van der Waals surface area contributed by atoms with E-state index in [2.05, 4.69) is 0 Å². The smallest absolute Gasteiger partial charge is 0.120 e. The van der Waals surface area contributed by atoms with Gasteiger partial charge >= 0.3 is 0 Å². The molecule has 0 saturated carbocycles. The van der Waals surface area contributed by atoms with E-state index in [1.54, 1.807) is 6.26 Å². The fraction of sp³-hybridized carbons (Fsp3) is 0.429. The normalized spacial score (nSPS) is 12.2. The molecule has 0 amide bonds. The molecule has 0 spiro atoms. The van der Waals surface area contributed by atoms with Gasteiger partial charge in [0.2, 0.25) is 0 Å². The molecule has 0 aromatic carbocycles. The molecule has 0 aliphatic carbocycles. The molecule has 0 aliphatic heterocycles. The van der Waals surface area contributed by atoms with Crippen molar-refractivity contribution in [1.82, 2.24) is 0 Å². The topological polar surface area (TPSA) is 65.2 Å². The Morgan fingerprint density at radius 3 is 2.73 bits per heavy atom. The zero-order valence-electron chi connectivity index (χ0n) is 6.19. The van der Waals surface area contributed by atoms with Crippen LogP contribution in [0.1, 0.15) is 18.2 Å². The van der Waals surface area contributed by atoms with E-state index in [0.717, 1.165) is 12.2 Å². The number of nitrogens with two attached hydrogens (primary N) is 2. The predicted octanol–water partition coefficient (Wildman–Crippen LogP) is 1.05. The van der Waals surface area contributed by atoms with E-state index >= 15 is 0 Å². The second-order valence-electron chi connectivity index (χ2n) is 2.20. The standard InChI is InChI=1S/C7H12N2O.ClH/c8-4-3-6(9)7-2-1-5-10-7;/h1-2,5-6H,3-4,8-9H2;1H/t6-;/m0./s1. The van der Waals surface area contributed by atoms with Crippen molar-refractivity contribution in [2.75, 3.05) is 6.54 Å². The van der Waals surface area contributed by atoms with Crippen LogP contribution in [0.4, 0.5) is 0 Å². The molecule has 64 valence electrons. The van der Waals surface area contributed by atoms with Crippen LogP contribution >= 0.6 is 12.4 Å². The van der Waals surface area contributed by atoms with Crippen molar-refractivity contribution in [2.24, 2.45) is 11.5 Å². The Morgan fingerprint density at radius 2 is 2.27 bits per heavy atom. The highest BCUT2D eigenvalue weighted by Crippen LogP contribution is 2.12. The number of hydrogen-bond acceptors (Lipinski definition) is 3. The molecule has 4 N–H and O–H groups in total. The molecular weight excluding hydrogens is 164 g/mol. The first kappa shape index (κ1) is 10.5. The summed E-state index contributed by atoms with van der Waals surface area (Å²) in [6, 6.07) is 3.64. The minimum Gasteiger partial charge on any atom is -0.468 e. The zero-order chi connectivity index (χ0) is 7.40. The monoisotopic (exact) mass is 176 g/mol. The molecule has 0 fully saturated rings. The van der Waals surface area contributed by atoms with Gasteiger partial charge in [-0.25, -0.2) is 0 Å². The summed E-state index contributed by atoms with van der Waals surface area (Å²) in [5, 5.41) is 0. The molecule has 0 unspecified atom stereocenters. The van der Waals surface area contributed by atoms with Gasteiger partial charge in [0.05, 0.1) is 12.3 Å². The van der Waals surface area contributed by atoms with Gasteiger partial charge in [0.25, 0.3) is 0 Å². The van der Waals surface area contributed by atoms with E-state index in [1.165, 1.54) is 0 Å². The van der Waals surface area contributed by atoms with Crippen molar-refractivity contribution >= 4 is 12.4 Å². The van der Waals surface area contributed by atoms with Gasteiger partial charge in [0, 0.05) is 0 Å². The van der Waals surface area contributed by atoms with Crippen LogP contribution < -0.4 is 11.5 Å². The van der Waals surface area contributed by atoms with Crippen molar-refractivity contribution in [1.29, 1.82) is 0 Å². The summed E-state index contributed by atoms with van der Waals surface area (Å²) in [6.07, 6.45) is 2.39. The van der Waals surface area contributed by atoms with Crippen molar-refractivity contribution < 1.29 is 4.42 Å². The van der Waals surface area contributed by atoms with Crippen LogP contribution in [0.5, 0.6) is 0 Å². The molecule has 1 heterocycles. The maximum atomic E-state index is 5.68. The van der Waals surface area contributed by atoms with Crippen molar-refractivity contribution in [3.8, 4) is 0 Å². The average molecular weight is 177 g/mol. The van der Waals surface area contributed by atoms with E-state index in [1.807, 2.05) is 12.1 Å². The third-order valence-electron chi connectivity index (χ3n) is 1.39. The molecule has 0 bridgehead atoms. The van der Waals surface area contributed by atoms with Crippen LogP contribution in [0.2, 0.25) is 0 Å². The molecule has 11 heavy (non-hydrogen) atoms. The van der Waals surface area contributed by atoms with Gasteiger partial charge in [-0.15, -0.1) is 12.4 Å².